The average molecular weight is 629 g/mol. The fraction of sp³-hybridized carbons (Fsp3) is 0.459. The summed E-state index contributed by atoms with van der Waals surface area (Å²) in [5.74, 6) is 1.89. The highest BCUT2D eigenvalue weighted by Crippen LogP contribution is 2.40. The SMILES string of the molecule is COCCCOc1cc(C(=O)N(C[C@@H]2CNC[C@H]2C(NC(=O)N(c2ccccc2)c2ccccc2)C2CC2)C(C)C)ccc1OC. The molecule has 9 nitrogen and oxygen atoms in total. The smallest absolute Gasteiger partial charge is 0.326 e. The molecule has 2 N–H and O–H groups in total. The van der Waals surface area contributed by atoms with Gasteiger partial charge in [0.25, 0.3) is 5.91 Å². The van der Waals surface area contributed by atoms with E-state index in [1.54, 1.807) is 37.3 Å². The molecule has 0 bridgehead atoms. The molecule has 0 radical (unpaired) electrons. The maximum atomic E-state index is 14.1. The Morgan fingerprint density at radius 2 is 1.57 bits per heavy atom. The predicted molar refractivity (Wildman–Crippen MR) is 181 cm³/mol. The van der Waals surface area contributed by atoms with E-state index in [-0.39, 0.29) is 35.9 Å². The first kappa shape index (κ1) is 33.3. The maximum absolute atomic E-state index is 14.1. The molecule has 0 aromatic heterocycles. The van der Waals surface area contributed by atoms with Crippen LogP contribution in [0.1, 0.15) is 43.5 Å². The predicted octanol–water partition coefficient (Wildman–Crippen LogP) is 6.12. The van der Waals surface area contributed by atoms with E-state index >= 15 is 0 Å². The van der Waals surface area contributed by atoms with E-state index in [1.165, 1.54) is 0 Å². The second-order valence-corrected chi connectivity index (χ2v) is 12.5. The summed E-state index contributed by atoms with van der Waals surface area (Å²) in [6.45, 7) is 7.34. The number of benzene rings is 3. The van der Waals surface area contributed by atoms with Crippen molar-refractivity contribution in [1.82, 2.24) is 15.5 Å². The second kappa shape index (κ2) is 16.0. The van der Waals surface area contributed by atoms with Gasteiger partial charge in [0.05, 0.1) is 25.1 Å². The van der Waals surface area contributed by atoms with Crippen LogP contribution in [0.25, 0.3) is 0 Å². The van der Waals surface area contributed by atoms with Gasteiger partial charge in [-0.3, -0.25) is 9.69 Å². The molecule has 1 aliphatic carbocycles. The van der Waals surface area contributed by atoms with Crippen molar-refractivity contribution in [2.75, 3.05) is 52.0 Å². The summed E-state index contributed by atoms with van der Waals surface area (Å²) in [6, 6.07) is 24.8. The van der Waals surface area contributed by atoms with Crippen molar-refractivity contribution < 1.29 is 23.8 Å². The number of carbonyl (C=O) groups excluding carboxylic acids is 2. The van der Waals surface area contributed by atoms with Crippen LogP contribution in [0.4, 0.5) is 16.2 Å². The van der Waals surface area contributed by atoms with E-state index in [4.69, 9.17) is 14.2 Å². The van der Waals surface area contributed by atoms with Crippen molar-refractivity contribution in [3.8, 4) is 11.5 Å². The Hall–Kier alpha value is -4.08. The summed E-state index contributed by atoms with van der Waals surface area (Å²) >= 11 is 0. The number of ether oxygens (including phenoxy) is 3. The number of carbonyl (C=O) groups is 2. The molecule has 46 heavy (non-hydrogen) atoms. The van der Waals surface area contributed by atoms with Crippen molar-refractivity contribution in [1.29, 1.82) is 0 Å². The zero-order valence-corrected chi connectivity index (χ0v) is 27.5. The molecular formula is C37H48N4O5. The van der Waals surface area contributed by atoms with Crippen LogP contribution in [-0.2, 0) is 4.74 Å². The number of urea groups is 1. The van der Waals surface area contributed by atoms with Gasteiger partial charge in [0.2, 0.25) is 0 Å². The van der Waals surface area contributed by atoms with Gasteiger partial charge in [-0.05, 0) is 86.9 Å². The van der Waals surface area contributed by atoms with E-state index in [0.717, 1.165) is 43.7 Å². The van der Waals surface area contributed by atoms with E-state index in [2.05, 4.69) is 24.5 Å². The number of nitrogens with one attached hydrogen (secondary N) is 2. The number of methoxy groups -OCH3 is 2. The minimum Gasteiger partial charge on any atom is -0.493 e. The Kier molecular flexibility index (Phi) is 11.5. The molecule has 3 aromatic rings. The Balaban J connectivity index is 1.33. The zero-order chi connectivity index (χ0) is 32.5. The first-order chi connectivity index (χ1) is 22.4. The molecule has 5 rings (SSSR count). The quantitative estimate of drug-likeness (QED) is 0.197. The molecule has 9 heteroatoms. The van der Waals surface area contributed by atoms with Crippen molar-refractivity contribution in [3.05, 3.63) is 84.4 Å². The lowest BCUT2D eigenvalue weighted by Gasteiger charge is -2.35. The summed E-state index contributed by atoms with van der Waals surface area (Å²) in [4.78, 5) is 31.8. The van der Waals surface area contributed by atoms with Crippen molar-refractivity contribution in [2.45, 2.75) is 45.2 Å². The van der Waals surface area contributed by atoms with Gasteiger partial charge in [0.15, 0.2) is 11.5 Å². The number of anilines is 2. The molecule has 3 aromatic carbocycles. The highest BCUT2D eigenvalue weighted by Gasteiger charge is 2.44. The molecule has 2 aliphatic rings. The van der Waals surface area contributed by atoms with Gasteiger partial charge in [0.1, 0.15) is 0 Å². The van der Waals surface area contributed by atoms with Crippen LogP contribution in [0.3, 0.4) is 0 Å². The molecule has 1 heterocycles. The van der Waals surface area contributed by atoms with Gasteiger partial charge < -0.3 is 29.7 Å². The molecule has 1 unspecified atom stereocenters. The number of para-hydroxylation sites is 2. The highest BCUT2D eigenvalue weighted by atomic mass is 16.5. The van der Waals surface area contributed by atoms with E-state index in [0.29, 0.717) is 42.7 Å². The average Bonchev–Trinajstić information content (AvgIpc) is 3.82. The molecule has 0 spiro atoms. The molecular weight excluding hydrogens is 580 g/mol. The van der Waals surface area contributed by atoms with Gasteiger partial charge in [-0.2, -0.15) is 0 Å². The molecule has 2 fully saturated rings. The molecule has 246 valence electrons. The second-order valence-electron chi connectivity index (χ2n) is 12.5. The molecule has 3 atom stereocenters. The van der Waals surface area contributed by atoms with Crippen molar-refractivity contribution >= 4 is 23.3 Å². The molecule has 1 aliphatic heterocycles. The van der Waals surface area contributed by atoms with Crippen LogP contribution in [0, 0.1) is 17.8 Å². The summed E-state index contributed by atoms with van der Waals surface area (Å²) in [6.07, 6.45) is 2.92. The third-order valence-electron chi connectivity index (χ3n) is 8.98. The lowest BCUT2D eigenvalue weighted by Crippen LogP contribution is -2.51. The van der Waals surface area contributed by atoms with Crippen LogP contribution in [0.2, 0.25) is 0 Å². The topological polar surface area (TPSA) is 92.4 Å². The van der Waals surface area contributed by atoms with Crippen LogP contribution < -0.4 is 25.0 Å². The minimum atomic E-state index is -0.131. The highest BCUT2D eigenvalue weighted by molar-refractivity contribution is 5.99. The first-order valence-corrected chi connectivity index (χ1v) is 16.4. The monoisotopic (exact) mass is 628 g/mol. The summed E-state index contributed by atoms with van der Waals surface area (Å²) in [7, 11) is 3.26. The number of rotatable bonds is 15. The van der Waals surface area contributed by atoms with Crippen LogP contribution in [-0.4, -0.2) is 76.0 Å². The minimum absolute atomic E-state index is 0.000344. The zero-order valence-electron chi connectivity index (χ0n) is 27.5. The lowest BCUT2D eigenvalue weighted by atomic mass is 9.85. The van der Waals surface area contributed by atoms with E-state index < -0.39 is 0 Å². The third-order valence-corrected chi connectivity index (χ3v) is 8.98. The lowest BCUT2D eigenvalue weighted by molar-refractivity contribution is 0.0650. The van der Waals surface area contributed by atoms with Gasteiger partial charge in [0, 0.05) is 57.4 Å². The van der Waals surface area contributed by atoms with Gasteiger partial charge in [-0.15, -0.1) is 0 Å². The van der Waals surface area contributed by atoms with Crippen molar-refractivity contribution in [2.24, 2.45) is 17.8 Å². The van der Waals surface area contributed by atoms with Crippen LogP contribution in [0.5, 0.6) is 11.5 Å². The number of hydrogen-bond acceptors (Lipinski definition) is 6. The van der Waals surface area contributed by atoms with Gasteiger partial charge in [-0.1, -0.05) is 36.4 Å². The standard InChI is InChI=1S/C37H48N4O5/c1-26(2)40(36(42)28-18-19-33(45-4)34(22-28)46-21-11-20-44-3)25-29-23-38-24-32(29)35(27-16-17-27)39-37(43)41(30-12-7-5-8-13-30)31-14-9-6-10-15-31/h5-10,12-15,18-19,22,26-27,29,32,35,38H,11,16-17,20-21,23-25H2,1-4H3,(H,39,43)/t29-,32+,35?/m0/s1. The largest absolute Gasteiger partial charge is 0.493 e. The molecule has 1 saturated heterocycles. The Morgan fingerprint density at radius 3 is 2.15 bits per heavy atom. The Bertz CT molecular complexity index is 1380. The van der Waals surface area contributed by atoms with E-state index in [1.807, 2.05) is 65.6 Å². The first-order valence-electron chi connectivity index (χ1n) is 16.4. The normalized spacial score (nSPS) is 18.2. The fourth-order valence-corrected chi connectivity index (χ4v) is 6.40. The van der Waals surface area contributed by atoms with Gasteiger partial charge >= 0.3 is 6.03 Å². The van der Waals surface area contributed by atoms with E-state index in [9.17, 15) is 9.59 Å². The number of hydrogen-bond donors (Lipinski definition) is 2. The van der Waals surface area contributed by atoms with Gasteiger partial charge in [-0.25, -0.2) is 4.79 Å². The Morgan fingerprint density at radius 1 is 0.891 bits per heavy atom. The number of amides is 3. The van der Waals surface area contributed by atoms with Crippen molar-refractivity contribution in [3.63, 3.8) is 0 Å². The fourth-order valence-electron chi connectivity index (χ4n) is 6.40. The van der Waals surface area contributed by atoms with Crippen LogP contribution in [0.15, 0.2) is 78.9 Å². The van der Waals surface area contributed by atoms with Crippen LogP contribution >= 0.6 is 0 Å². The maximum Gasteiger partial charge on any atom is 0.326 e. The molecule has 1 saturated carbocycles. The molecule has 3 amide bonds. The number of nitrogens with zero attached hydrogens (tertiary/aromatic N) is 2. The summed E-state index contributed by atoms with van der Waals surface area (Å²) in [5, 5.41) is 7.05. The Labute approximate surface area is 273 Å². The summed E-state index contributed by atoms with van der Waals surface area (Å²) in [5.41, 5.74) is 2.20. The third kappa shape index (κ3) is 8.19. The summed E-state index contributed by atoms with van der Waals surface area (Å²) < 4.78 is 16.6.